The molecule has 1 heterocycles. The van der Waals surface area contributed by atoms with Crippen molar-refractivity contribution in [2.24, 2.45) is 0 Å². The maximum Gasteiger partial charge on any atom is 0.198 e. The van der Waals surface area contributed by atoms with Gasteiger partial charge >= 0.3 is 0 Å². The van der Waals surface area contributed by atoms with Crippen molar-refractivity contribution in [3.63, 3.8) is 0 Å². The Balaban J connectivity index is 1.93. The van der Waals surface area contributed by atoms with E-state index in [0.29, 0.717) is 11.3 Å². The predicted molar refractivity (Wildman–Crippen MR) is 110 cm³/mol. The number of Topliss-reactive ketones (excluding diaryl/α,β-unsaturated/α-hetero) is 1. The molecule has 3 nitrogen and oxygen atoms in total. The van der Waals surface area contributed by atoms with Crippen LogP contribution < -0.4 is 4.74 Å². The first kappa shape index (κ1) is 18.5. The van der Waals surface area contributed by atoms with E-state index in [1.54, 1.807) is 61.0 Å². The van der Waals surface area contributed by atoms with Crippen LogP contribution in [0.5, 0.6) is 5.75 Å². The molecule has 0 radical (unpaired) electrons. The largest absolute Gasteiger partial charge is 0.496 e. The molecule has 1 saturated heterocycles. The Kier molecular flexibility index (Phi) is 6.36. The average Bonchev–Trinajstić information content (AvgIpc) is 3.21. The third-order valence-corrected chi connectivity index (χ3v) is 6.53. The number of carbonyl (C=O) groups excluding carboxylic acids is 2. The molecular formula is C21H18O3S2. The summed E-state index contributed by atoms with van der Waals surface area (Å²) in [6, 6.07) is 16.4. The number of para-hydroxylation sites is 1. The smallest absolute Gasteiger partial charge is 0.198 e. The van der Waals surface area contributed by atoms with Crippen LogP contribution in [0.25, 0.3) is 6.08 Å². The lowest BCUT2D eigenvalue weighted by Crippen LogP contribution is -2.12. The van der Waals surface area contributed by atoms with E-state index in [-0.39, 0.29) is 17.1 Å². The van der Waals surface area contributed by atoms with E-state index in [1.165, 1.54) is 6.08 Å². The van der Waals surface area contributed by atoms with Gasteiger partial charge in [-0.05, 0) is 18.2 Å². The Labute approximate surface area is 161 Å². The zero-order valence-electron chi connectivity index (χ0n) is 14.3. The Morgan fingerprint density at radius 2 is 1.62 bits per heavy atom. The summed E-state index contributed by atoms with van der Waals surface area (Å²) in [5, 5.41) is 0. The summed E-state index contributed by atoms with van der Waals surface area (Å²) in [7, 11) is 1.59. The summed E-state index contributed by atoms with van der Waals surface area (Å²) in [5.41, 5.74) is 1.59. The van der Waals surface area contributed by atoms with Gasteiger partial charge in [0.1, 0.15) is 5.75 Å². The van der Waals surface area contributed by atoms with Crippen molar-refractivity contribution in [3.05, 3.63) is 81.6 Å². The van der Waals surface area contributed by atoms with Crippen molar-refractivity contribution < 1.29 is 14.3 Å². The van der Waals surface area contributed by atoms with Crippen molar-refractivity contribution in [2.45, 2.75) is 0 Å². The summed E-state index contributed by atoms with van der Waals surface area (Å²) in [5.74, 6) is 2.01. The third kappa shape index (κ3) is 4.29. The molecular weight excluding hydrogens is 364 g/mol. The number of ether oxygens (including phenoxy) is 1. The molecule has 3 rings (SSSR count). The van der Waals surface area contributed by atoms with Crippen molar-refractivity contribution in [1.82, 2.24) is 0 Å². The minimum atomic E-state index is -0.276. The maximum atomic E-state index is 12.9. The Hall–Kier alpha value is -2.24. The number of thioether (sulfide) groups is 2. The first-order valence-electron chi connectivity index (χ1n) is 8.15. The number of rotatable bonds is 6. The van der Waals surface area contributed by atoms with Crippen LogP contribution in [-0.2, 0) is 4.79 Å². The minimum Gasteiger partial charge on any atom is -0.496 e. The number of hydrogen-bond acceptors (Lipinski definition) is 5. The average molecular weight is 383 g/mol. The van der Waals surface area contributed by atoms with Crippen LogP contribution in [0.15, 0.2) is 70.5 Å². The molecule has 0 spiro atoms. The molecule has 1 aliphatic rings. The van der Waals surface area contributed by atoms with E-state index in [1.807, 2.05) is 30.3 Å². The van der Waals surface area contributed by atoms with Gasteiger partial charge in [-0.15, -0.1) is 23.5 Å². The number of benzene rings is 2. The lowest BCUT2D eigenvalue weighted by atomic mass is 10.0. The maximum absolute atomic E-state index is 12.9. The fraction of sp³-hybridized carbons (Fsp3) is 0.143. The second-order valence-corrected chi connectivity index (χ2v) is 7.96. The van der Waals surface area contributed by atoms with Gasteiger partial charge in [0.2, 0.25) is 0 Å². The first-order chi connectivity index (χ1) is 12.7. The van der Waals surface area contributed by atoms with Crippen molar-refractivity contribution in [1.29, 1.82) is 0 Å². The second kappa shape index (κ2) is 8.92. The van der Waals surface area contributed by atoms with Crippen molar-refractivity contribution >= 4 is 41.2 Å². The molecule has 0 amide bonds. The van der Waals surface area contributed by atoms with Gasteiger partial charge in [0.15, 0.2) is 11.6 Å². The van der Waals surface area contributed by atoms with E-state index in [9.17, 15) is 9.59 Å². The highest BCUT2D eigenvalue weighted by Gasteiger charge is 2.25. The van der Waals surface area contributed by atoms with Crippen molar-refractivity contribution in [3.8, 4) is 5.75 Å². The van der Waals surface area contributed by atoms with Gasteiger partial charge in [-0.2, -0.15) is 0 Å². The molecule has 26 heavy (non-hydrogen) atoms. The monoisotopic (exact) mass is 382 g/mol. The van der Waals surface area contributed by atoms with Gasteiger partial charge in [0.05, 0.1) is 16.9 Å². The minimum absolute atomic E-state index is 0.225. The fourth-order valence-corrected chi connectivity index (χ4v) is 5.09. The van der Waals surface area contributed by atoms with Gasteiger partial charge in [-0.25, -0.2) is 0 Å². The molecule has 1 aliphatic heterocycles. The van der Waals surface area contributed by atoms with Crippen LogP contribution in [0, 0.1) is 0 Å². The zero-order valence-corrected chi connectivity index (χ0v) is 15.9. The van der Waals surface area contributed by atoms with Gasteiger partial charge in [0.25, 0.3) is 0 Å². The van der Waals surface area contributed by atoms with Crippen LogP contribution >= 0.6 is 23.5 Å². The first-order valence-corrected chi connectivity index (χ1v) is 10.1. The van der Waals surface area contributed by atoms with E-state index in [4.69, 9.17) is 4.74 Å². The molecule has 0 unspecified atom stereocenters. The van der Waals surface area contributed by atoms with Crippen LogP contribution in [-0.4, -0.2) is 30.2 Å². The normalized spacial score (nSPS) is 13.8. The number of allylic oxidation sites excluding steroid dienone is 2. The predicted octanol–water partition coefficient (Wildman–Crippen LogP) is 4.85. The highest BCUT2D eigenvalue weighted by molar-refractivity contribution is 8.25. The number of methoxy groups -OCH3 is 1. The standard InChI is InChI=1S/C21H18O3S2/c1-24-18-10-6-5-7-15(18)11-12-17(22)19(21-25-13-14-26-21)20(23)16-8-3-2-4-9-16/h2-12H,13-14H2,1H3/b12-11+. The SMILES string of the molecule is COc1ccccc1/C=C/C(=O)C(C(=O)c1ccccc1)=C1SCCS1. The summed E-state index contributed by atoms with van der Waals surface area (Å²) >= 11 is 3.15. The molecule has 5 heteroatoms. The van der Waals surface area contributed by atoms with E-state index < -0.39 is 0 Å². The Morgan fingerprint density at radius 1 is 0.962 bits per heavy atom. The van der Waals surface area contributed by atoms with Gasteiger partial charge in [-0.3, -0.25) is 9.59 Å². The third-order valence-electron chi connectivity index (χ3n) is 3.82. The lowest BCUT2D eigenvalue weighted by molar-refractivity contribution is -0.111. The summed E-state index contributed by atoms with van der Waals surface area (Å²) in [4.78, 5) is 25.8. The number of carbonyl (C=O) groups is 2. The molecule has 2 aromatic carbocycles. The summed E-state index contributed by atoms with van der Waals surface area (Å²) < 4.78 is 6.12. The molecule has 0 bridgehead atoms. The fourth-order valence-electron chi connectivity index (χ4n) is 2.55. The van der Waals surface area contributed by atoms with E-state index >= 15 is 0 Å². The molecule has 0 aromatic heterocycles. The van der Waals surface area contributed by atoms with Crippen molar-refractivity contribution in [2.75, 3.05) is 18.6 Å². The Morgan fingerprint density at radius 3 is 2.31 bits per heavy atom. The van der Waals surface area contributed by atoms with Crippen LogP contribution in [0.2, 0.25) is 0 Å². The number of hydrogen-bond donors (Lipinski definition) is 0. The van der Waals surface area contributed by atoms with Gasteiger partial charge in [0, 0.05) is 22.6 Å². The van der Waals surface area contributed by atoms with Gasteiger partial charge in [-0.1, -0.05) is 48.5 Å². The quantitative estimate of drug-likeness (QED) is 0.309. The number of ketones is 2. The Bertz CT molecular complexity index is 862. The molecule has 132 valence electrons. The van der Waals surface area contributed by atoms with E-state index in [0.717, 1.165) is 21.3 Å². The topological polar surface area (TPSA) is 43.4 Å². The second-order valence-electron chi connectivity index (χ2n) is 5.49. The summed E-state index contributed by atoms with van der Waals surface area (Å²) in [6.07, 6.45) is 3.16. The van der Waals surface area contributed by atoms with Crippen LogP contribution in [0.1, 0.15) is 15.9 Å². The molecule has 0 N–H and O–H groups in total. The van der Waals surface area contributed by atoms with E-state index in [2.05, 4.69) is 0 Å². The van der Waals surface area contributed by atoms with Gasteiger partial charge < -0.3 is 4.74 Å². The zero-order chi connectivity index (χ0) is 18.4. The molecule has 1 fully saturated rings. The highest BCUT2D eigenvalue weighted by Crippen LogP contribution is 2.40. The summed E-state index contributed by atoms with van der Waals surface area (Å²) in [6.45, 7) is 0. The molecule has 2 aromatic rings. The van der Waals surface area contributed by atoms with Crippen LogP contribution in [0.3, 0.4) is 0 Å². The molecule has 0 aliphatic carbocycles. The molecule has 0 atom stereocenters. The lowest BCUT2D eigenvalue weighted by Gasteiger charge is -2.07. The van der Waals surface area contributed by atoms with Crippen LogP contribution in [0.4, 0.5) is 0 Å². The highest BCUT2D eigenvalue weighted by atomic mass is 32.2. The molecule has 0 saturated carbocycles.